The average Bonchev–Trinajstić information content (AvgIpc) is 1.62. The fourth-order valence-corrected chi connectivity index (χ4v) is 0.874. The van der Waals surface area contributed by atoms with Crippen LogP contribution in [0, 0.1) is 0 Å². The number of hydrogen-bond donors (Lipinski definition) is 0. The van der Waals surface area contributed by atoms with Crippen LogP contribution >= 0.6 is 0 Å². The normalized spacial score (nSPS) is 17.8. The summed E-state index contributed by atoms with van der Waals surface area (Å²) in [6.07, 6.45) is 14.0. The summed E-state index contributed by atoms with van der Waals surface area (Å²) in [6, 6.07) is 0. The quantitative estimate of drug-likeness (QED) is 0.540. The molecule has 0 amide bonds. The van der Waals surface area contributed by atoms with Gasteiger partial charge in [-0.15, -0.1) is 0 Å². The van der Waals surface area contributed by atoms with E-state index in [1.165, 1.54) is 25.7 Å². The van der Waals surface area contributed by atoms with E-state index in [4.69, 9.17) is 0 Å². The SMILES string of the molecule is C1=CCCCCC=C1.[Rh+]. The van der Waals surface area contributed by atoms with Crippen molar-refractivity contribution in [1.82, 2.24) is 0 Å². The van der Waals surface area contributed by atoms with Crippen LogP contribution in [0.1, 0.15) is 25.7 Å². The van der Waals surface area contributed by atoms with Crippen LogP contribution in [0.2, 0.25) is 0 Å². The van der Waals surface area contributed by atoms with Crippen molar-refractivity contribution in [3.63, 3.8) is 0 Å². The summed E-state index contributed by atoms with van der Waals surface area (Å²) in [5.74, 6) is 0. The van der Waals surface area contributed by atoms with E-state index in [1.54, 1.807) is 0 Å². The van der Waals surface area contributed by atoms with Crippen LogP contribution in [-0.4, -0.2) is 0 Å². The van der Waals surface area contributed by atoms with Crippen LogP contribution in [0.3, 0.4) is 0 Å². The van der Waals surface area contributed by atoms with Gasteiger partial charge in [-0.1, -0.05) is 24.3 Å². The molecule has 0 atom stereocenters. The molecule has 0 saturated carbocycles. The summed E-state index contributed by atoms with van der Waals surface area (Å²) in [7, 11) is 0. The molecule has 1 rings (SSSR count). The Labute approximate surface area is 69.8 Å². The minimum atomic E-state index is 0. The van der Waals surface area contributed by atoms with Gasteiger partial charge in [0, 0.05) is 0 Å². The molecule has 0 aromatic heterocycles. The predicted molar refractivity (Wildman–Crippen MR) is 36.7 cm³/mol. The molecule has 1 aliphatic rings. The van der Waals surface area contributed by atoms with Gasteiger partial charge in [0.15, 0.2) is 0 Å². The zero-order chi connectivity index (χ0) is 5.66. The summed E-state index contributed by atoms with van der Waals surface area (Å²) in [5, 5.41) is 0. The molecule has 52 valence electrons. The van der Waals surface area contributed by atoms with Gasteiger partial charge < -0.3 is 0 Å². The smallest absolute Gasteiger partial charge is 0.0845 e. The summed E-state index contributed by atoms with van der Waals surface area (Å²) in [4.78, 5) is 0. The summed E-state index contributed by atoms with van der Waals surface area (Å²) >= 11 is 0. The molecule has 1 aliphatic carbocycles. The van der Waals surface area contributed by atoms with E-state index in [1.807, 2.05) is 0 Å². The van der Waals surface area contributed by atoms with Gasteiger partial charge in [-0.25, -0.2) is 0 Å². The molecule has 0 heterocycles. The number of rotatable bonds is 0. The van der Waals surface area contributed by atoms with Gasteiger partial charge in [0.25, 0.3) is 0 Å². The van der Waals surface area contributed by atoms with Crippen molar-refractivity contribution in [3.8, 4) is 0 Å². The van der Waals surface area contributed by atoms with Crippen LogP contribution in [0.15, 0.2) is 24.3 Å². The minimum Gasteiger partial charge on any atom is -0.0845 e. The molecule has 0 radical (unpaired) electrons. The van der Waals surface area contributed by atoms with Gasteiger partial charge in [-0.3, -0.25) is 0 Å². The second kappa shape index (κ2) is 6.23. The molecule has 9 heavy (non-hydrogen) atoms. The van der Waals surface area contributed by atoms with E-state index >= 15 is 0 Å². The van der Waals surface area contributed by atoms with Crippen molar-refractivity contribution in [1.29, 1.82) is 0 Å². The van der Waals surface area contributed by atoms with Crippen molar-refractivity contribution in [2.45, 2.75) is 25.7 Å². The second-order valence-electron chi connectivity index (χ2n) is 2.14. The summed E-state index contributed by atoms with van der Waals surface area (Å²) in [6.45, 7) is 0. The Balaban J connectivity index is 0.000000640. The van der Waals surface area contributed by atoms with E-state index in [9.17, 15) is 0 Å². The number of hydrogen-bond acceptors (Lipinski definition) is 0. The number of allylic oxidation sites excluding steroid dienone is 4. The van der Waals surface area contributed by atoms with Crippen molar-refractivity contribution in [2.24, 2.45) is 0 Å². The molecule has 0 unspecified atom stereocenters. The van der Waals surface area contributed by atoms with E-state index in [-0.39, 0.29) is 19.5 Å². The van der Waals surface area contributed by atoms with Gasteiger partial charge in [-0.05, 0) is 25.7 Å². The van der Waals surface area contributed by atoms with E-state index in [0.29, 0.717) is 0 Å². The van der Waals surface area contributed by atoms with E-state index < -0.39 is 0 Å². The molecule has 0 bridgehead atoms. The molecule has 0 nitrogen and oxygen atoms in total. The van der Waals surface area contributed by atoms with Crippen LogP contribution in [0.25, 0.3) is 0 Å². The van der Waals surface area contributed by atoms with Gasteiger partial charge in [0.1, 0.15) is 0 Å². The molecule has 0 spiro atoms. The van der Waals surface area contributed by atoms with Crippen molar-refractivity contribution < 1.29 is 19.5 Å². The molecule has 0 N–H and O–H groups in total. The maximum Gasteiger partial charge on any atom is 1.00 e. The van der Waals surface area contributed by atoms with Crippen molar-refractivity contribution >= 4 is 0 Å². The first-order chi connectivity index (χ1) is 4.00. The Kier molecular flexibility index (Phi) is 6.30. The molecule has 1 heteroatoms. The Morgan fingerprint density at radius 1 is 0.778 bits per heavy atom. The van der Waals surface area contributed by atoms with E-state index in [2.05, 4.69) is 24.3 Å². The maximum absolute atomic E-state index is 2.23. The Bertz CT molecular complexity index is 89.1. The fourth-order valence-electron chi connectivity index (χ4n) is 0.874. The zero-order valence-electron chi connectivity index (χ0n) is 5.47. The van der Waals surface area contributed by atoms with Crippen molar-refractivity contribution in [3.05, 3.63) is 24.3 Å². The first-order valence-corrected chi connectivity index (χ1v) is 3.32. The van der Waals surface area contributed by atoms with Gasteiger partial charge >= 0.3 is 19.5 Å². The molecular weight excluding hydrogens is 199 g/mol. The van der Waals surface area contributed by atoms with Crippen molar-refractivity contribution in [2.75, 3.05) is 0 Å². The van der Waals surface area contributed by atoms with Crippen LogP contribution in [0.5, 0.6) is 0 Å². The topological polar surface area (TPSA) is 0 Å². The predicted octanol–water partition coefficient (Wildman–Crippen LogP) is 2.67. The van der Waals surface area contributed by atoms with Crippen LogP contribution in [0.4, 0.5) is 0 Å². The Hall–Kier alpha value is 0.103. The van der Waals surface area contributed by atoms with Gasteiger partial charge in [0.2, 0.25) is 0 Å². The van der Waals surface area contributed by atoms with E-state index in [0.717, 1.165) is 0 Å². The third kappa shape index (κ3) is 4.60. The summed E-state index contributed by atoms with van der Waals surface area (Å²) < 4.78 is 0. The zero-order valence-corrected chi connectivity index (χ0v) is 7.11. The first kappa shape index (κ1) is 9.10. The fraction of sp³-hybridized carbons (Fsp3) is 0.500. The molecule has 0 fully saturated rings. The Morgan fingerprint density at radius 2 is 1.22 bits per heavy atom. The van der Waals surface area contributed by atoms with Crippen LogP contribution < -0.4 is 0 Å². The summed E-state index contributed by atoms with van der Waals surface area (Å²) in [5.41, 5.74) is 0. The third-order valence-corrected chi connectivity index (χ3v) is 1.37. The standard InChI is InChI=1S/C8H12.Rh/c1-2-4-6-8-7-5-3-1;/h1-4H,5-8H2;/q;+1. The molecule has 0 aromatic rings. The largest absolute Gasteiger partial charge is 1.00 e. The average molecular weight is 211 g/mol. The molecular formula is C8H12Rh+. The van der Waals surface area contributed by atoms with Gasteiger partial charge in [-0.2, -0.15) is 0 Å². The third-order valence-electron chi connectivity index (χ3n) is 1.37. The first-order valence-electron chi connectivity index (χ1n) is 3.32. The van der Waals surface area contributed by atoms with Gasteiger partial charge in [0.05, 0.1) is 0 Å². The van der Waals surface area contributed by atoms with Crippen LogP contribution in [-0.2, 0) is 19.5 Å². The molecule has 0 aliphatic heterocycles. The minimum absolute atomic E-state index is 0. The molecule has 0 saturated heterocycles. The maximum atomic E-state index is 2.23. The monoisotopic (exact) mass is 211 g/mol. The molecule has 0 aromatic carbocycles. The Morgan fingerprint density at radius 3 is 1.67 bits per heavy atom. The second-order valence-corrected chi connectivity index (χ2v) is 2.14.